The van der Waals surface area contributed by atoms with E-state index in [1.54, 1.807) is 13.0 Å². The molecule has 0 aliphatic carbocycles. The second kappa shape index (κ2) is 10.2. The third-order valence-corrected chi connectivity index (χ3v) is 8.22. The fourth-order valence-corrected chi connectivity index (χ4v) is 6.25. The number of anilines is 2. The molecule has 35 heavy (non-hydrogen) atoms. The summed E-state index contributed by atoms with van der Waals surface area (Å²) in [6.45, 7) is 10.5. The highest BCUT2D eigenvalue weighted by atomic mass is 19.1. The molecular weight excluding hydrogens is 446 g/mol. The molecule has 2 saturated heterocycles. The first kappa shape index (κ1) is 24.2. The van der Waals surface area contributed by atoms with Gasteiger partial charge in [0.15, 0.2) is 0 Å². The van der Waals surface area contributed by atoms with Crippen LogP contribution in [-0.2, 0) is 4.79 Å². The molecule has 5 rings (SSSR count). The molecule has 3 aliphatic rings. The minimum atomic E-state index is -0.242. The summed E-state index contributed by atoms with van der Waals surface area (Å²) in [7, 11) is 0. The van der Waals surface area contributed by atoms with Crippen LogP contribution >= 0.6 is 0 Å². The Morgan fingerprint density at radius 3 is 2.43 bits per heavy atom. The van der Waals surface area contributed by atoms with Crippen LogP contribution in [0.1, 0.15) is 44.6 Å². The van der Waals surface area contributed by atoms with Crippen molar-refractivity contribution in [3.8, 4) is 0 Å². The number of halogens is 2. The molecule has 2 aromatic rings. The number of hydrogen-bond acceptors (Lipinski definition) is 4. The maximum atomic E-state index is 14.2. The summed E-state index contributed by atoms with van der Waals surface area (Å²) in [5.74, 6) is -0.0171. The van der Waals surface area contributed by atoms with Crippen LogP contribution in [-0.4, -0.2) is 78.5 Å². The first-order valence-electron chi connectivity index (χ1n) is 13.0. The molecule has 0 aromatic heterocycles. The number of fused-ring (bicyclic) bond motifs is 3. The molecule has 0 N–H and O–H groups in total. The molecule has 2 fully saturated rings. The normalized spacial score (nSPS) is 23.8. The minimum Gasteiger partial charge on any atom is -0.340 e. The number of amides is 1. The minimum absolute atomic E-state index is 0.173. The Bertz CT molecular complexity index is 1040. The standard InChI is InChI=1S/C28H36F2N4O/c1-20(32-14-16-33(17-15-32)21(2)35)4-3-12-31-13-11-28-26(19-31)25-18-23(30)7-10-27(25)34(28)24-8-5-22(29)6-9-24/h5-10,18,20,26,28H,3-4,11-17,19H2,1-2H3. The molecule has 2 aromatic carbocycles. The Balaban J connectivity index is 1.19. The number of likely N-dealkylation sites (tertiary alicyclic amines) is 1. The summed E-state index contributed by atoms with van der Waals surface area (Å²) in [6.07, 6.45) is 3.27. The molecule has 0 bridgehead atoms. The third kappa shape index (κ3) is 5.07. The van der Waals surface area contributed by atoms with Crippen LogP contribution in [0.5, 0.6) is 0 Å². The summed E-state index contributed by atoms with van der Waals surface area (Å²) >= 11 is 0. The smallest absolute Gasteiger partial charge is 0.219 e. The lowest BCUT2D eigenvalue weighted by Crippen LogP contribution is -2.51. The average Bonchev–Trinajstić information content (AvgIpc) is 3.17. The van der Waals surface area contributed by atoms with E-state index in [1.807, 2.05) is 23.1 Å². The first-order chi connectivity index (χ1) is 16.9. The number of nitrogens with zero attached hydrogens (tertiary/aromatic N) is 4. The van der Waals surface area contributed by atoms with Crippen molar-refractivity contribution in [2.75, 3.05) is 50.7 Å². The fourth-order valence-electron chi connectivity index (χ4n) is 6.25. The van der Waals surface area contributed by atoms with Gasteiger partial charge in [-0.05, 0) is 80.8 Å². The van der Waals surface area contributed by atoms with Crippen LogP contribution < -0.4 is 4.90 Å². The molecule has 5 nitrogen and oxygen atoms in total. The molecule has 1 amide bonds. The molecule has 0 spiro atoms. The van der Waals surface area contributed by atoms with Crippen molar-refractivity contribution in [3.63, 3.8) is 0 Å². The van der Waals surface area contributed by atoms with Gasteiger partial charge in [-0.15, -0.1) is 0 Å². The van der Waals surface area contributed by atoms with Crippen LogP contribution in [0.2, 0.25) is 0 Å². The van der Waals surface area contributed by atoms with Gasteiger partial charge in [0.1, 0.15) is 11.6 Å². The molecule has 7 heteroatoms. The Morgan fingerprint density at radius 2 is 1.71 bits per heavy atom. The van der Waals surface area contributed by atoms with Crippen molar-refractivity contribution in [2.24, 2.45) is 0 Å². The Hall–Kier alpha value is -2.51. The molecule has 188 valence electrons. The number of carbonyl (C=O) groups excluding carboxylic acids is 1. The van der Waals surface area contributed by atoms with Crippen molar-refractivity contribution in [1.29, 1.82) is 0 Å². The van der Waals surface area contributed by atoms with Crippen LogP contribution in [0.25, 0.3) is 0 Å². The Labute approximate surface area is 207 Å². The summed E-state index contributed by atoms with van der Waals surface area (Å²) in [4.78, 5) is 20.8. The highest BCUT2D eigenvalue weighted by molar-refractivity contribution is 5.73. The summed E-state index contributed by atoms with van der Waals surface area (Å²) in [6, 6.07) is 12.5. The number of carbonyl (C=O) groups is 1. The topological polar surface area (TPSA) is 30.0 Å². The van der Waals surface area contributed by atoms with E-state index in [0.717, 1.165) is 82.0 Å². The predicted octanol–water partition coefficient (Wildman–Crippen LogP) is 4.61. The van der Waals surface area contributed by atoms with E-state index >= 15 is 0 Å². The molecular formula is C28H36F2N4O. The highest BCUT2D eigenvalue weighted by Crippen LogP contribution is 2.48. The average molecular weight is 483 g/mol. The molecule has 3 unspecified atom stereocenters. The third-order valence-electron chi connectivity index (χ3n) is 8.22. The van der Waals surface area contributed by atoms with Gasteiger partial charge in [0.25, 0.3) is 0 Å². The lowest BCUT2D eigenvalue weighted by molar-refractivity contribution is -0.130. The Morgan fingerprint density at radius 1 is 1.00 bits per heavy atom. The summed E-state index contributed by atoms with van der Waals surface area (Å²) in [5.41, 5.74) is 3.09. The van der Waals surface area contributed by atoms with Crippen molar-refractivity contribution in [1.82, 2.24) is 14.7 Å². The van der Waals surface area contributed by atoms with E-state index < -0.39 is 0 Å². The number of hydrogen-bond donors (Lipinski definition) is 0. The van der Waals surface area contributed by atoms with Gasteiger partial charge in [-0.3, -0.25) is 9.69 Å². The molecule has 0 saturated carbocycles. The monoisotopic (exact) mass is 482 g/mol. The van der Waals surface area contributed by atoms with Crippen molar-refractivity contribution < 1.29 is 13.6 Å². The van der Waals surface area contributed by atoms with Gasteiger partial charge < -0.3 is 14.7 Å². The van der Waals surface area contributed by atoms with Crippen LogP contribution in [0.3, 0.4) is 0 Å². The number of piperazine rings is 1. The lowest BCUT2D eigenvalue weighted by Gasteiger charge is -2.40. The van der Waals surface area contributed by atoms with Crippen LogP contribution in [0, 0.1) is 11.6 Å². The zero-order valence-electron chi connectivity index (χ0n) is 20.8. The van der Waals surface area contributed by atoms with Gasteiger partial charge >= 0.3 is 0 Å². The van der Waals surface area contributed by atoms with E-state index in [2.05, 4.69) is 21.6 Å². The van der Waals surface area contributed by atoms with Crippen LogP contribution in [0.4, 0.5) is 20.2 Å². The summed E-state index contributed by atoms with van der Waals surface area (Å²) in [5, 5.41) is 0. The van der Waals surface area contributed by atoms with E-state index in [9.17, 15) is 13.6 Å². The Kier molecular flexibility index (Phi) is 7.07. The fraction of sp³-hybridized carbons (Fsp3) is 0.536. The van der Waals surface area contributed by atoms with Crippen molar-refractivity contribution >= 4 is 17.3 Å². The van der Waals surface area contributed by atoms with Gasteiger partial charge in [0, 0.05) is 75.6 Å². The highest BCUT2D eigenvalue weighted by Gasteiger charge is 2.42. The molecule has 3 aliphatic heterocycles. The van der Waals surface area contributed by atoms with Crippen molar-refractivity contribution in [2.45, 2.75) is 51.1 Å². The van der Waals surface area contributed by atoms with Crippen molar-refractivity contribution in [3.05, 3.63) is 59.7 Å². The van der Waals surface area contributed by atoms with E-state index in [1.165, 1.54) is 18.2 Å². The van der Waals surface area contributed by atoms with Gasteiger partial charge in [0.2, 0.25) is 5.91 Å². The maximum absolute atomic E-state index is 14.2. The largest absolute Gasteiger partial charge is 0.340 e. The quantitative estimate of drug-likeness (QED) is 0.602. The summed E-state index contributed by atoms with van der Waals surface area (Å²) < 4.78 is 27.8. The number of piperidine rings is 1. The van der Waals surface area contributed by atoms with E-state index in [4.69, 9.17) is 0 Å². The van der Waals surface area contributed by atoms with E-state index in [0.29, 0.717) is 6.04 Å². The second-order valence-electron chi connectivity index (χ2n) is 10.3. The molecule has 3 atom stereocenters. The van der Waals surface area contributed by atoms with Gasteiger partial charge in [-0.1, -0.05) is 0 Å². The van der Waals surface area contributed by atoms with E-state index in [-0.39, 0.29) is 29.5 Å². The predicted molar refractivity (Wildman–Crippen MR) is 135 cm³/mol. The maximum Gasteiger partial charge on any atom is 0.219 e. The van der Waals surface area contributed by atoms with Gasteiger partial charge in [0.05, 0.1) is 0 Å². The zero-order valence-corrected chi connectivity index (χ0v) is 20.8. The van der Waals surface area contributed by atoms with Gasteiger partial charge in [-0.2, -0.15) is 0 Å². The van der Waals surface area contributed by atoms with Crippen LogP contribution in [0.15, 0.2) is 42.5 Å². The SMILES string of the molecule is CC(=O)N1CCN(C(C)CCCN2CCC3C(C2)c2cc(F)ccc2N3c2ccc(F)cc2)CC1. The lowest BCUT2D eigenvalue weighted by atomic mass is 9.88. The van der Waals surface area contributed by atoms with Gasteiger partial charge in [-0.25, -0.2) is 8.78 Å². The molecule has 0 radical (unpaired) electrons. The number of benzene rings is 2. The zero-order chi connectivity index (χ0) is 24.5. The first-order valence-corrected chi connectivity index (χ1v) is 13.0. The number of rotatable bonds is 6. The molecule has 3 heterocycles. The second-order valence-corrected chi connectivity index (χ2v) is 10.3.